The molecule has 34 heavy (non-hydrogen) atoms. The van der Waals surface area contributed by atoms with E-state index >= 15 is 0 Å². The normalized spacial score (nSPS) is 20.6. The topological polar surface area (TPSA) is 65.5 Å². The molecule has 0 saturated carbocycles. The molecule has 1 aromatic heterocycles. The Balaban J connectivity index is 1.70. The van der Waals surface area contributed by atoms with Crippen molar-refractivity contribution in [3.05, 3.63) is 17.7 Å². The molecule has 0 bridgehead atoms. The zero-order valence-electron chi connectivity index (χ0n) is 21.4. The lowest BCUT2D eigenvalue weighted by Gasteiger charge is -2.33. The number of fused-ring (bicyclic) bond motifs is 1. The summed E-state index contributed by atoms with van der Waals surface area (Å²) < 4.78 is 5.74. The Kier molecular flexibility index (Phi) is 8.12. The van der Waals surface area contributed by atoms with Crippen LogP contribution in [-0.4, -0.2) is 74.3 Å². The number of benzene rings is 1. The molecule has 2 fully saturated rings. The third-order valence-electron chi connectivity index (χ3n) is 6.88. The van der Waals surface area contributed by atoms with Crippen molar-refractivity contribution in [1.82, 2.24) is 20.2 Å². The Hall–Kier alpha value is -2.56. The van der Waals surface area contributed by atoms with E-state index in [-0.39, 0.29) is 0 Å². The molecule has 184 valence electrons. The highest BCUT2D eigenvalue weighted by atomic mass is 16.5. The standard InChI is InChI=1S/C27H40N6O/c1-19(2)23-17-21(11-12-28-23)29-26-22-18-25(34-5)20(10-6-7-13-32(3)4)16-24(22)30-27(31-26)33-14-8-9-15-33/h16,18-19,21,23,28H,7-9,11-15,17H2,1-5H3,(H,29,30,31). The lowest BCUT2D eigenvalue weighted by atomic mass is 9.91. The maximum atomic E-state index is 5.74. The largest absolute Gasteiger partial charge is 0.495 e. The van der Waals surface area contributed by atoms with Gasteiger partial charge in [0.15, 0.2) is 0 Å². The van der Waals surface area contributed by atoms with E-state index in [2.05, 4.69) is 72.3 Å². The maximum absolute atomic E-state index is 5.74. The molecule has 0 radical (unpaired) electrons. The van der Waals surface area contributed by atoms with E-state index in [1.165, 1.54) is 12.8 Å². The lowest BCUT2D eigenvalue weighted by Crippen LogP contribution is -2.45. The van der Waals surface area contributed by atoms with Crippen molar-refractivity contribution < 1.29 is 4.74 Å². The molecule has 2 N–H and O–H groups in total. The first-order chi connectivity index (χ1) is 16.4. The van der Waals surface area contributed by atoms with Gasteiger partial charge in [-0.05, 0) is 64.4 Å². The Bertz CT molecular complexity index is 1030. The number of piperidine rings is 1. The first-order valence-corrected chi connectivity index (χ1v) is 12.7. The van der Waals surface area contributed by atoms with Gasteiger partial charge in [0.2, 0.25) is 5.95 Å². The van der Waals surface area contributed by atoms with Gasteiger partial charge in [0.25, 0.3) is 0 Å². The molecule has 2 unspecified atom stereocenters. The molecular weight excluding hydrogens is 424 g/mol. The van der Waals surface area contributed by atoms with Crippen molar-refractivity contribution in [2.45, 2.75) is 58.0 Å². The van der Waals surface area contributed by atoms with Crippen LogP contribution in [-0.2, 0) is 0 Å². The first kappa shape index (κ1) is 24.6. The summed E-state index contributed by atoms with van der Waals surface area (Å²) in [5.41, 5.74) is 1.80. The summed E-state index contributed by atoms with van der Waals surface area (Å²) in [7, 11) is 5.84. The molecule has 2 saturated heterocycles. The molecule has 2 aliphatic heterocycles. The highest BCUT2D eigenvalue weighted by Gasteiger charge is 2.25. The van der Waals surface area contributed by atoms with Crippen LogP contribution in [0.3, 0.4) is 0 Å². The minimum Gasteiger partial charge on any atom is -0.495 e. The number of rotatable bonds is 7. The molecule has 7 heteroatoms. The van der Waals surface area contributed by atoms with Gasteiger partial charge in [0, 0.05) is 43.5 Å². The second-order valence-electron chi connectivity index (χ2n) is 10.2. The summed E-state index contributed by atoms with van der Waals surface area (Å²) in [6.07, 6.45) is 5.38. The van der Waals surface area contributed by atoms with Crippen LogP contribution in [0.5, 0.6) is 5.75 Å². The summed E-state index contributed by atoms with van der Waals surface area (Å²) in [6.45, 7) is 8.57. The van der Waals surface area contributed by atoms with E-state index in [4.69, 9.17) is 14.7 Å². The molecule has 0 spiro atoms. The van der Waals surface area contributed by atoms with Gasteiger partial charge in [-0.3, -0.25) is 0 Å². The summed E-state index contributed by atoms with van der Waals surface area (Å²) >= 11 is 0. The lowest BCUT2D eigenvalue weighted by molar-refractivity contribution is 0.309. The molecule has 4 rings (SSSR count). The van der Waals surface area contributed by atoms with Crippen LogP contribution in [0.1, 0.15) is 51.5 Å². The number of anilines is 2. The van der Waals surface area contributed by atoms with Crippen molar-refractivity contribution in [1.29, 1.82) is 0 Å². The molecule has 1 aromatic carbocycles. The third kappa shape index (κ3) is 5.92. The maximum Gasteiger partial charge on any atom is 0.227 e. The Morgan fingerprint density at radius 2 is 2.03 bits per heavy atom. The molecule has 2 aliphatic rings. The Morgan fingerprint density at radius 1 is 1.24 bits per heavy atom. The van der Waals surface area contributed by atoms with Gasteiger partial charge >= 0.3 is 0 Å². The van der Waals surface area contributed by atoms with Crippen LogP contribution < -0.4 is 20.3 Å². The summed E-state index contributed by atoms with van der Waals surface area (Å²) in [5.74, 6) is 9.72. The van der Waals surface area contributed by atoms with Crippen molar-refractivity contribution >= 4 is 22.7 Å². The van der Waals surface area contributed by atoms with E-state index in [1.807, 2.05) is 0 Å². The fourth-order valence-electron chi connectivity index (χ4n) is 4.80. The van der Waals surface area contributed by atoms with E-state index in [1.54, 1.807) is 7.11 Å². The van der Waals surface area contributed by atoms with E-state index in [9.17, 15) is 0 Å². The predicted molar refractivity (Wildman–Crippen MR) is 141 cm³/mol. The van der Waals surface area contributed by atoms with E-state index in [0.717, 1.165) is 79.4 Å². The van der Waals surface area contributed by atoms with Gasteiger partial charge in [-0.2, -0.15) is 4.98 Å². The monoisotopic (exact) mass is 464 g/mol. The van der Waals surface area contributed by atoms with Crippen LogP contribution in [0.25, 0.3) is 10.9 Å². The molecule has 0 amide bonds. The Labute approximate surface area is 204 Å². The van der Waals surface area contributed by atoms with Crippen LogP contribution >= 0.6 is 0 Å². The van der Waals surface area contributed by atoms with Crippen molar-refractivity contribution in [2.75, 3.05) is 57.6 Å². The van der Waals surface area contributed by atoms with Gasteiger partial charge in [0.05, 0.1) is 18.2 Å². The fourth-order valence-corrected chi connectivity index (χ4v) is 4.80. The van der Waals surface area contributed by atoms with Crippen molar-refractivity contribution in [2.24, 2.45) is 5.92 Å². The minimum atomic E-state index is 0.384. The van der Waals surface area contributed by atoms with Gasteiger partial charge in [-0.15, -0.1) is 0 Å². The quantitative estimate of drug-likeness (QED) is 0.605. The summed E-state index contributed by atoms with van der Waals surface area (Å²) in [4.78, 5) is 14.5. The van der Waals surface area contributed by atoms with Crippen LogP contribution in [0.15, 0.2) is 12.1 Å². The van der Waals surface area contributed by atoms with Crippen LogP contribution in [0.4, 0.5) is 11.8 Å². The predicted octanol–water partition coefficient (Wildman–Crippen LogP) is 3.73. The van der Waals surface area contributed by atoms with Gasteiger partial charge in [-0.25, -0.2) is 4.98 Å². The minimum absolute atomic E-state index is 0.384. The van der Waals surface area contributed by atoms with Gasteiger partial charge in [0.1, 0.15) is 11.6 Å². The second kappa shape index (κ2) is 11.2. The number of hydrogen-bond acceptors (Lipinski definition) is 7. The first-order valence-electron chi connectivity index (χ1n) is 12.7. The molecule has 2 atom stereocenters. The van der Waals surface area contributed by atoms with Gasteiger partial charge in [-0.1, -0.05) is 25.7 Å². The smallest absolute Gasteiger partial charge is 0.227 e. The number of methoxy groups -OCH3 is 1. The number of aromatic nitrogens is 2. The van der Waals surface area contributed by atoms with Crippen LogP contribution in [0.2, 0.25) is 0 Å². The molecule has 3 heterocycles. The Morgan fingerprint density at radius 3 is 2.74 bits per heavy atom. The SMILES string of the molecule is COc1cc2c(NC3CCNC(C(C)C)C3)nc(N3CCCC3)nc2cc1C#CCCN(C)C. The van der Waals surface area contributed by atoms with E-state index < -0.39 is 0 Å². The summed E-state index contributed by atoms with van der Waals surface area (Å²) in [6, 6.07) is 5.04. The van der Waals surface area contributed by atoms with Crippen LogP contribution in [0, 0.1) is 17.8 Å². The summed E-state index contributed by atoms with van der Waals surface area (Å²) in [5, 5.41) is 8.46. The van der Waals surface area contributed by atoms with E-state index in [0.29, 0.717) is 18.0 Å². The molecule has 2 aromatic rings. The van der Waals surface area contributed by atoms with Crippen molar-refractivity contribution in [3.63, 3.8) is 0 Å². The number of hydrogen-bond donors (Lipinski definition) is 2. The third-order valence-corrected chi connectivity index (χ3v) is 6.88. The van der Waals surface area contributed by atoms with Gasteiger partial charge < -0.3 is 25.2 Å². The highest BCUT2D eigenvalue weighted by molar-refractivity contribution is 5.93. The average Bonchev–Trinajstić information content (AvgIpc) is 3.36. The number of ether oxygens (including phenoxy) is 1. The highest BCUT2D eigenvalue weighted by Crippen LogP contribution is 2.32. The molecule has 7 nitrogen and oxygen atoms in total. The number of nitrogens with zero attached hydrogens (tertiary/aromatic N) is 4. The zero-order chi connectivity index (χ0) is 24.1. The second-order valence-corrected chi connectivity index (χ2v) is 10.2. The zero-order valence-corrected chi connectivity index (χ0v) is 21.4. The number of nitrogens with one attached hydrogen (secondary N) is 2. The molecular formula is C27H40N6O. The molecule has 0 aliphatic carbocycles. The van der Waals surface area contributed by atoms with Crippen molar-refractivity contribution in [3.8, 4) is 17.6 Å². The average molecular weight is 465 g/mol. The fraction of sp³-hybridized carbons (Fsp3) is 0.630.